The number of nitrogens with one attached hydrogen (secondary N) is 1. The predicted octanol–water partition coefficient (Wildman–Crippen LogP) is 0.0236. The third kappa shape index (κ3) is 4.77. The summed E-state index contributed by atoms with van der Waals surface area (Å²) in [5, 5.41) is 11.0. The Morgan fingerprint density at radius 1 is 1.39 bits per heavy atom. The first-order chi connectivity index (χ1) is 8.49. The summed E-state index contributed by atoms with van der Waals surface area (Å²) in [5.74, 6) is -0.725. The van der Waals surface area contributed by atoms with Gasteiger partial charge in [0.1, 0.15) is 0 Å². The molecule has 98 valence electrons. The molecule has 0 radical (unpaired) electrons. The molecule has 1 aromatic heterocycles. The van der Waals surface area contributed by atoms with E-state index < -0.39 is 5.97 Å². The van der Waals surface area contributed by atoms with E-state index in [0.29, 0.717) is 11.6 Å². The molecule has 1 rings (SSSR count). The van der Waals surface area contributed by atoms with E-state index in [4.69, 9.17) is 5.11 Å². The molecule has 0 unspecified atom stereocenters. The van der Waals surface area contributed by atoms with Crippen molar-refractivity contribution >= 4 is 17.8 Å². The fraction of sp³-hybridized carbons (Fsp3) is 0.455. The number of anilines is 1. The standard InChI is InChI=1S/C11H16N4O3/c1-15(2)11-12-6-5-8(14-11)7-13-9(16)3-4-10(17)18/h5-6H,3-4,7H2,1-2H3,(H,13,16)(H,17,18). The molecule has 0 aliphatic carbocycles. The van der Waals surface area contributed by atoms with Crippen LogP contribution in [0.1, 0.15) is 18.5 Å². The number of aromatic nitrogens is 2. The number of aliphatic carboxylic acids is 1. The van der Waals surface area contributed by atoms with Gasteiger partial charge in [-0.2, -0.15) is 0 Å². The average Bonchev–Trinajstić information content (AvgIpc) is 2.34. The van der Waals surface area contributed by atoms with Gasteiger partial charge in [-0.3, -0.25) is 9.59 Å². The summed E-state index contributed by atoms with van der Waals surface area (Å²) in [5.41, 5.74) is 0.678. The second-order valence-electron chi connectivity index (χ2n) is 3.91. The minimum atomic E-state index is -0.984. The van der Waals surface area contributed by atoms with Gasteiger partial charge in [-0.15, -0.1) is 0 Å². The van der Waals surface area contributed by atoms with Crippen molar-refractivity contribution in [2.24, 2.45) is 0 Å². The molecule has 1 aromatic rings. The lowest BCUT2D eigenvalue weighted by Crippen LogP contribution is -2.24. The first-order valence-electron chi connectivity index (χ1n) is 5.47. The Morgan fingerprint density at radius 2 is 2.11 bits per heavy atom. The van der Waals surface area contributed by atoms with Gasteiger partial charge in [-0.1, -0.05) is 0 Å². The largest absolute Gasteiger partial charge is 0.481 e. The molecule has 0 bridgehead atoms. The van der Waals surface area contributed by atoms with Crippen molar-refractivity contribution in [3.8, 4) is 0 Å². The molecular formula is C11H16N4O3. The smallest absolute Gasteiger partial charge is 0.303 e. The van der Waals surface area contributed by atoms with Crippen LogP contribution in [-0.4, -0.2) is 41.0 Å². The van der Waals surface area contributed by atoms with Crippen molar-refractivity contribution in [3.63, 3.8) is 0 Å². The third-order valence-electron chi connectivity index (χ3n) is 2.13. The Balaban J connectivity index is 2.45. The fourth-order valence-corrected chi connectivity index (χ4v) is 1.20. The van der Waals surface area contributed by atoms with E-state index in [0.717, 1.165) is 0 Å². The molecule has 7 nitrogen and oxygen atoms in total. The lowest BCUT2D eigenvalue weighted by atomic mass is 10.3. The van der Waals surface area contributed by atoms with Gasteiger partial charge in [-0.25, -0.2) is 9.97 Å². The Hall–Kier alpha value is -2.18. The van der Waals surface area contributed by atoms with Gasteiger partial charge in [0.05, 0.1) is 18.7 Å². The Morgan fingerprint density at radius 3 is 2.72 bits per heavy atom. The zero-order valence-electron chi connectivity index (χ0n) is 10.4. The lowest BCUT2D eigenvalue weighted by Gasteiger charge is -2.11. The van der Waals surface area contributed by atoms with Gasteiger partial charge in [0.15, 0.2) is 0 Å². The van der Waals surface area contributed by atoms with Gasteiger partial charge < -0.3 is 15.3 Å². The summed E-state index contributed by atoms with van der Waals surface area (Å²) in [6, 6.07) is 1.70. The van der Waals surface area contributed by atoms with Crippen molar-refractivity contribution in [1.82, 2.24) is 15.3 Å². The van der Waals surface area contributed by atoms with E-state index in [9.17, 15) is 9.59 Å². The van der Waals surface area contributed by atoms with Crippen molar-refractivity contribution < 1.29 is 14.7 Å². The first-order valence-corrected chi connectivity index (χ1v) is 5.47. The fourth-order valence-electron chi connectivity index (χ4n) is 1.20. The topological polar surface area (TPSA) is 95.4 Å². The lowest BCUT2D eigenvalue weighted by molar-refractivity contribution is -0.138. The van der Waals surface area contributed by atoms with E-state index in [2.05, 4.69) is 15.3 Å². The number of hydrogen-bond donors (Lipinski definition) is 2. The molecule has 0 saturated heterocycles. The van der Waals surface area contributed by atoms with Crippen molar-refractivity contribution in [3.05, 3.63) is 18.0 Å². The highest BCUT2D eigenvalue weighted by Crippen LogP contribution is 2.03. The molecule has 0 fully saturated rings. The number of carboxylic acid groups (broad SMARTS) is 1. The molecule has 0 saturated carbocycles. The molecule has 1 amide bonds. The highest BCUT2D eigenvalue weighted by atomic mass is 16.4. The van der Waals surface area contributed by atoms with Crippen molar-refractivity contribution in [2.45, 2.75) is 19.4 Å². The van der Waals surface area contributed by atoms with Crippen LogP contribution in [-0.2, 0) is 16.1 Å². The Labute approximate surface area is 105 Å². The molecule has 18 heavy (non-hydrogen) atoms. The molecule has 0 aliphatic heterocycles. The van der Waals surface area contributed by atoms with Gasteiger partial charge >= 0.3 is 5.97 Å². The molecular weight excluding hydrogens is 236 g/mol. The zero-order chi connectivity index (χ0) is 13.5. The summed E-state index contributed by atoms with van der Waals surface area (Å²) in [4.78, 5) is 31.6. The van der Waals surface area contributed by atoms with E-state index in [-0.39, 0.29) is 25.3 Å². The van der Waals surface area contributed by atoms with Crippen LogP contribution in [0, 0.1) is 0 Å². The molecule has 0 aromatic carbocycles. The maximum absolute atomic E-state index is 11.3. The highest BCUT2D eigenvalue weighted by Gasteiger charge is 2.06. The summed E-state index contributed by atoms with van der Waals surface area (Å²) < 4.78 is 0. The molecule has 0 atom stereocenters. The number of amides is 1. The molecule has 0 aliphatic rings. The van der Waals surface area contributed by atoms with Crippen LogP contribution in [0.25, 0.3) is 0 Å². The van der Waals surface area contributed by atoms with Crippen LogP contribution in [0.15, 0.2) is 12.3 Å². The Kier molecular flexibility index (Phi) is 5.04. The minimum absolute atomic E-state index is 0.0268. The predicted molar refractivity (Wildman–Crippen MR) is 65.1 cm³/mol. The molecule has 1 heterocycles. The van der Waals surface area contributed by atoms with Crippen LogP contribution in [0.5, 0.6) is 0 Å². The second-order valence-corrected chi connectivity index (χ2v) is 3.91. The van der Waals surface area contributed by atoms with Crippen LogP contribution in [0.2, 0.25) is 0 Å². The van der Waals surface area contributed by atoms with E-state index in [1.54, 1.807) is 17.2 Å². The molecule has 2 N–H and O–H groups in total. The van der Waals surface area contributed by atoms with Crippen molar-refractivity contribution in [2.75, 3.05) is 19.0 Å². The van der Waals surface area contributed by atoms with E-state index in [1.807, 2.05) is 14.1 Å². The van der Waals surface area contributed by atoms with Gasteiger partial charge in [0.25, 0.3) is 0 Å². The first kappa shape index (κ1) is 13.9. The minimum Gasteiger partial charge on any atom is -0.481 e. The van der Waals surface area contributed by atoms with Gasteiger partial charge in [0, 0.05) is 26.7 Å². The summed E-state index contributed by atoms with van der Waals surface area (Å²) >= 11 is 0. The normalized spacial score (nSPS) is 9.89. The number of carbonyl (C=O) groups excluding carboxylic acids is 1. The Bertz CT molecular complexity index is 434. The maximum Gasteiger partial charge on any atom is 0.303 e. The molecule has 7 heteroatoms. The van der Waals surface area contributed by atoms with Crippen LogP contribution >= 0.6 is 0 Å². The number of nitrogens with zero attached hydrogens (tertiary/aromatic N) is 3. The quantitative estimate of drug-likeness (QED) is 0.741. The zero-order valence-corrected chi connectivity index (χ0v) is 10.4. The second kappa shape index (κ2) is 6.53. The van der Waals surface area contributed by atoms with Crippen molar-refractivity contribution in [1.29, 1.82) is 0 Å². The third-order valence-corrected chi connectivity index (χ3v) is 2.13. The summed E-state index contributed by atoms with van der Waals surface area (Å²) in [6.07, 6.45) is 1.42. The number of hydrogen-bond acceptors (Lipinski definition) is 5. The van der Waals surface area contributed by atoms with E-state index in [1.165, 1.54) is 0 Å². The van der Waals surface area contributed by atoms with E-state index >= 15 is 0 Å². The maximum atomic E-state index is 11.3. The monoisotopic (exact) mass is 252 g/mol. The van der Waals surface area contributed by atoms with Crippen LogP contribution < -0.4 is 10.2 Å². The number of carbonyl (C=O) groups is 2. The summed E-state index contributed by atoms with van der Waals surface area (Å²) in [6.45, 7) is 0.266. The van der Waals surface area contributed by atoms with Crippen LogP contribution in [0.3, 0.4) is 0 Å². The SMILES string of the molecule is CN(C)c1nccc(CNC(=O)CCC(=O)O)n1. The van der Waals surface area contributed by atoms with Gasteiger partial charge in [-0.05, 0) is 6.07 Å². The average molecular weight is 252 g/mol. The van der Waals surface area contributed by atoms with Gasteiger partial charge in [0.2, 0.25) is 11.9 Å². The number of rotatable bonds is 6. The molecule has 0 spiro atoms. The summed E-state index contributed by atoms with van der Waals surface area (Å²) in [7, 11) is 3.65. The number of carboxylic acids is 1. The highest BCUT2D eigenvalue weighted by molar-refractivity contribution is 5.80. The van der Waals surface area contributed by atoms with Crippen LogP contribution in [0.4, 0.5) is 5.95 Å².